The summed E-state index contributed by atoms with van der Waals surface area (Å²) in [6.07, 6.45) is 6.06. The SMILES string of the molecule is O=Cc1cccnc1-n1cc(-c2ccccc2)cn1. The Bertz CT molecular complexity index is 704. The molecule has 92 valence electrons. The van der Waals surface area contributed by atoms with Crippen LogP contribution in [-0.4, -0.2) is 21.1 Å². The highest BCUT2D eigenvalue weighted by Crippen LogP contribution is 2.19. The standard InChI is InChI=1S/C15H11N3O/c19-11-13-7-4-8-16-15(13)18-10-14(9-17-18)12-5-2-1-3-6-12/h1-11H. The second-order valence-electron chi connectivity index (χ2n) is 4.07. The number of benzene rings is 1. The van der Waals surface area contributed by atoms with E-state index in [4.69, 9.17) is 0 Å². The summed E-state index contributed by atoms with van der Waals surface area (Å²) >= 11 is 0. The molecule has 0 amide bonds. The van der Waals surface area contributed by atoms with Crippen molar-refractivity contribution in [2.24, 2.45) is 0 Å². The minimum atomic E-state index is 0.519. The topological polar surface area (TPSA) is 47.8 Å². The van der Waals surface area contributed by atoms with E-state index in [0.29, 0.717) is 11.4 Å². The lowest BCUT2D eigenvalue weighted by Crippen LogP contribution is -2.01. The Labute approximate surface area is 110 Å². The summed E-state index contributed by atoms with van der Waals surface area (Å²) in [6.45, 7) is 0. The van der Waals surface area contributed by atoms with Crippen LogP contribution >= 0.6 is 0 Å². The third-order valence-electron chi connectivity index (χ3n) is 2.85. The third-order valence-corrected chi connectivity index (χ3v) is 2.85. The zero-order chi connectivity index (χ0) is 13.1. The molecule has 0 unspecified atom stereocenters. The van der Waals surface area contributed by atoms with Crippen molar-refractivity contribution in [1.29, 1.82) is 0 Å². The summed E-state index contributed by atoms with van der Waals surface area (Å²) < 4.78 is 1.62. The number of pyridine rings is 1. The van der Waals surface area contributed by atoms with Crippen molar-refractivity contribution in [3.8, 4) is 16.9 Å². The highest BCUT2D eigenvalue weighted by Gasteiger charge is 2.07. The van der Waals surface area contributed by atoms with Crippen LogP contribution in [0.5, 0.6) is 0 Å². The van der Waals surface area contributed by atoms with Gasteiger partial charge in [0, 0.05) is 18.0 Å². The molecule has 4 heteroatoms. The molecule has 0 atom stereocenters. The summed E-state index contributed by atoms with van der Waals surface area (Å²) in [4.78, 5) is 15.2. The van der Waals surface area contributed by atoms with Gasteiger partial charge in [0.25, 0.3) is 0 Å². The summed E-state index contributed by atoms with van der Waals surface area (Å²) in [5, 5.41) is 4.27. The van der Waals surface area contributed by atoms with Crippen LogP contribution in [0.25, 0.3) is 16.9 Å². The lowest BCUT2D eigenvalue weighted by molar-refractivity contribution is 0.112. The molecule has 3 aromatic rings. The molecule has 1 aromatic carbocycles. The van der Waals surface area contributed by atoms with Crippen molar-refractivity contribution >= 4 is 6.29 Å². The molecular weight excluding hydrogens is 238 g/mol. The molecule has 0 aliphatic carbocycles. The van der Waals surface area contributed by atoms with Crippen LogP contribution < -0.4 is 0 Å². The molecule has 2 heterocycles. The molecule has 19 heavy (non-hydrogen) atoms. The lowest BCUT2D eigenvalue weighted by Gasteiger charge is -2.02. The number of carbonyl (C=O) groups excluding carboxylic acids is 1. The van der Waals surface area contributed by atoms with Gasteiger partial charge in [0.1, 0.15) is 0 Å². The molecule has 0 saturated heterocycles. The van der Waals surface area contributed by atoms with Crippen molar-refractivity contribution in [2.45, 2.75) is 0 Å². The molecule has 4 nitrogen and oxygen atoms in total. The smallest absolute Gasteiger partial charge is 0.163 e. The number of nitrogens with zero attached hydrogens (tertiary/aromatic N) is 3. The van der Waals surface area contributed by atoms with E-state index in [1.165, 1.54) is 0 Å². The van der Waals surface area contributed by atoms with E-state index in [1.54, 1.807) is 29.2 Å². The number of hydrogen-bond acceptors (Lipinski definition) is 3. The first-order valence-corrected chi connectivity index (χ1v) is 5.89. The van der Waals surface area contributed by atoms with Gasteiger partial charge in [-0.25, -0.2) is 9.67 Å². The van der Waals surface area contributed by atoms with Crippen molar-refractivity contribution in [2.75, 3.05) is 0 Å². The van der Waals surface area contributed by atoms with E-state index < -0.39 is 0 Å². The predicted molar refractivity (Wildman–Crippen MR) is 72.2 cm³/mol. The van der Waals surface area contributed by atoms with Crippen LogP contribution in [-0.2, 0) is 0 Å². The zero-order valence-electron chi connectivity index (χ0n) is 10.1. The van der Waals surface area contributed by atoms with Gasteiger partial charge in [-0.15, -0.1) is 0 Å². The van der Waals surface area contributed by atoms with E-state index in [1.807, 2.05) is 36.5 Å². The molecule has 3 rings (SSSR count). The second kappa shape index (κ2) is 4.86. The summed E-state index contributed by atoms with van der Waals surface area (Å²) in [5.41, 5.74) is 2.59. The van der Waals surface area contributed by atoms with Crippen LogP contribution in [0.1, 0.15) is 10.4 Å². The molecule has 0 saturated carbocycles. The molecule has 0 aliphatic heterocycles. The lowest BCUT2D eigenvalue weighted by atomic mass is 10.1. The van der Waals surface area contributed by atoms with Crippen LogP contribution in [0.3, 0.4) is 0 Å². The van der Waals surface area contributed by atoms with Gasteiger partial charge in [-0.1, -0.05) is 30.3 Å². The van der Waals surface area contributed by atoms with E-state index in [0.717, 1.165) is 17.4 Å². The van der Waals surface area contributed by atoms with Gasteiger partial charge in [0.05, 0.1) is 11.8 Å². The number of carbonyl (C=O) groups is 1. The van der Waals surface area contributed by atoms with Gasteiger partial charge in [-0.3, -0.25) is 4.79 Å². The van der Waals surface area contributed by atoms with Gasteiger partial charge in [-0.05, 0) is 17.7 Å². The Hall–Kier alpha value is -2.75. The minimum Gasteiger partial charge on any atom is -0.298 e. The highest BCUT2D eigenvalue weighted by atomic mass is 16.1. The molecule has 0 radical (unpaired) electrons. The molecule has 0 N–H and O–H groups in total. The fourth-order valence-corrected chi connectivity index (χ4v) is 1.91. The number of hydrogen-bond donors (Lipinski definition) is 0. The third kappa shape index (κ3) is 2.15. The second-order valence-corrected chi connectivity index (χ2v) is 4.07. The highest BCUT2D eigenvalue weighted by molar-refractivity contribution is 5.79. The fraction of sp³-hybridized carbons (Fsp3) is 0. The first-order valence-electron chi connectivity index (χ1n) is 5.89. The van der Waals surface area contributed by atoms with E-state index in [2.05, 4.69) is 10.1 Å². The Morgan fingerprint density at radius 2 is 1.84 bits per heavy atom. The van der Waals surface area contributed by atoms with Gasteiger partial charge >= 0.3 is 0 Å². The van der Waals surface area contributed by atoms with E-state index in [-0.39, 0.29) is 0 Å². The molecule has 2 aromatic heterocycles. The first kappa shape index (κ1) is 11.3. The van der Waals surface area contributed by atoms with Crippen molar-refractivity contribution in [3.05, 3.63) is 66.6 Å². The maximum absolute atomic E-state index is 11.0. The summed E-state index contributed by atoms with van der Waals surface area (Å²) in [5.74, 6) is 0.541. The van der Waals surface area contributed by atoms with Crippen LogP contribution in [0.4, 0.5) is 0 Å². The van der Waals surface area contributed by atoms with E-state index in [9.17, 15) is 4.79 Å². The van der Waals surface area contributed by atoms with Gasteiger partial charge in [-0.2, -0.15) is 5.10 Å². The van der Waals surface area contributed by atoms with Gasteiger partial charge in [0.15, 0.2) is 12.1 Å². The quantitative estimate of drug-likeness (QED) is 0.670. The van der Waals surface area contributed by atoms with Crippen molar-refractivity contribution in [1.82, 2.24) is 14.8 Å². The Balaban J connectivity index is 2.04. The average Bonchev–Trinajstić information content (AvgIpc) is 2.98. The van der Waals surface area contributed by atoms with Crippen LogP contribution in [0, 0.1) is 0 Å². The molecule has 0 aliphatic rings. The fourth-order valence-electron chi connectivity index (χ4n) is 1.91. The predicted octanol–water partition coefficient (Wildman–Crippen LogP) is 2.75. The summed E-state index contributed by atoms with van der Waals surface area (Å²) in [7, 11) is 0. The summed E-state index contributed by atoms with van der Waals surface area (Å²) in [6, 6.07) is 13.4. The Morgan fingerprint density at radius 1 is 1.00 bits per heavy atom. The van der Waals surface area contributed by atoms with Gasteiger partial charge in [0.2, 0.25) is 0 Å². The minimum absolute atomic E-state index is 0.519. The number of rotatable bonds is 3. The van der Waals surface area contributed by atoms with Crippen molar-refractivity contribution < 1.29 is 4.79 Å². The number of aromatic nitrogens is 3. The zero-order valence-corrected chi connectivity index (χ0v) is 10.1. The number of aldehydes is 1. The molecular formula is C15H11N3O. The average molecular weight is 249 g/mol. The normalized spacial score (nSPS) is 10.3. The van der Waals surface area contributed by atoms with Crippen LogP contribution in [0.15, 0.2) is 61.1 Å². The first-order chi connectivity index (χ1) is 9.38. The molecule has 0 spiro atoms. The Morgan fingerprint density at radius 3 is 2.63 bits per heavy atom. The maximum Gasteiger partial charge on any atom is 0.163 e. The maximum atomic E-state index is 11.0. The van der Waals surface area contributed by atoms with E-state index >= 15 is 0 Å². The van der Waals surface area contributed by atoms with Crippen molar-refractivity contribution in [3.63, 3.8) is 0 Å². The van der Waals surface area contributed by atoms with Gasteiger partial charge < -0.3 is 0 Å². The molecule has 0 fully saturated rings. The van der Waals surface area contributed by atoms with Crippen LogP contribution in [0.2, 0.25) is 0 Å². The largest absolute Gasteiger partial charge is 0.298 e. The Kier molecular flexibility index (Phi) is 2.90. The monoisotopic (exact) mass is 249 g/mol. The molecule has 0 bridgehead atoms.